The zero-order chi connectivity index (χ0) is 12.5. The van der Waals surface area contributed by atoms with Crippen molar-refractivity contribution in [2.24, 2.45) is 0 Å². The fourth-order valence-electron chi connectivity index (χ4n) is 1.64. The highest BCUT2D eigenvalue weighted by Gasteiger charge is 2.23. The molecule has 0 bridgehead atoms. The minimum atomic E-state index is -0.237. The maximum absolute atomic E-state index is 9.31. The quantitative estimate of drug-likeness (QED) is 0.846. The van der Waals surface area contributed by atoms with Gasteiger partial charge in [-0.15, -0.1) is 0 Å². The number of aliphatic hydroxyl groups excluding tert-OH is 1. The van der Waals surface area contributed by atoms with Gasteiger partial charge in [0.1, 0.15) is 5.82 Å². The number of hydrogen-bond acceptors (Lipinski definition) is 3. The number of nitrogens with zero attached hydrogens (tertiary/aromatic N) is 2. The third kappa shape index (κ3) is 2.48. The molecule has 0 saturated heterocycles. The molecule has 2 rings (SSSR count). The number of likely N-dealkylation sites (N-methyl/N-ethyl adjacent to an activating group) is 1. The molecule has 92 valence electrons. The zero-order valence-electron chi connectivity index (χ0n) is 10.6. The Labute approximate surface area is 101 Å². The first-order valence-corrected chi connectivity index (χ1v) is 5.78. The number of aromatic nitrogens is 2. The van der Waals surface area contributed by atoms with Crippen molar-refractivity contribution in [3.05, 3.63) is 30.1 Å². The second-order valence-electron chi connectivity index (χ2n) is 5.03. The number of aliphatic hydroxyl groups is 1. The summed E-state index contributed by atoms with van der Waals surface area (Å²) in [7, 11) is 1.99. The number of hydrogen-bond donors (Lipinski definition) is 2. The van der Waals surface area contributed by atoms with Crippen LogP contribution in [0.3, 0.4) is 0 Å². The first kappa shape index (κ1) is 12.1. The van der Waals surface area contributed by atoms with Gasteiger partial charge in [0.2, 0.25) is 0 Å². The summed E-state index contributed by atoms with van der Waals surface area (Å²) >= 11 is 0. The Kier molecular flexibility index (Phi) is 3.17. The standard InChI is InChI=1S/C13H19N3O/c1-13(2,9-17)16(3)8-12-14-10-6-4-5-7-11(10)15-12/h4-7,17H,8-9H2,1-3H3,(H,14,15). The third-order valence-corrected chi connectivity index (χ3v) is 3.25. The number of benzene rings is 1. The number of fused-ring (bicyclic) bond motifs is 1. The van der Waals surface area contributed by atoms with Crippen molar-refractivity contribution in [2.45, 2.75) is 25.9 Å². The summed E-state index contributed by atoms with van der Waals surface area (Å²) in [5.41, 5.74) is 1.80. The highest BCUT2D eigenvalue weighted by atomic mass is 16.3. The molecular formula is C13H19N3O. The van der Waals surface area contributed by atoms with Gasteiger partial charge in [0, 0.05) is 5.54 Å². The SMILES string of the molecule is CN(Cc1nc2ccccc2[nH]1)C(C)(C)CO. The molecular weight excluding hydrogens is 214 g/mol. The molecule has 2 N–H and O–H groups in total. The number of nitrogens with one attached hydrogen (secondary N) is 1. The van der Waals surface area contributed by atoms with Gasteiger partial charge in [0.05, 0.1) is 24.2 Å². The number of para-hydroxylation sites is 2. The summed E-state index contributed by atoms with van der Waals surface area (Å²) < 4.78 is 0. The van der Waals surface area contributed by atoms with Crippen LogP contribution in [-0.4, -0.2) is 39.2 Å². The summed E-state index contributed by atoms with van der Waals surface area (Å²) in [6.07, 6.45) is 0. The fraction of sp³-hybridized carbons (Fsp3) is 0.462. The maximum atomic E-state index is 9.31. The zero-order valence-corrected chi connectivity index (χ0v) is 10.6. The van der Waals surface area contributed by atoms with Crippen LogP contribution in [0.5, 0.6) is 0 Å². The molecule has 0 saturated carbocycles. The van der Waals surface area contributed by atoms with E-state index in [1.807, 2.05) is 45.2 Å². The minimum Gasteiger partial charge on any atom is -0.394 e. The van der Waals surface area contributed by atoms with E-state index in [0.717, 1.165) is 16.9 Å². The van der Waals surface area contributed by atoms with Crippen LogP contribution < -0.4 is 0 Å². The second kappa shape index (κ2) is 4.47. The smallest absolute Gasteiger partial charge is 0.121 e. The molecule has 0 aliphatic heterocycles. The molecule has 0 aliphatic carbocycles. The Bertz CT molecular complexity index is 471. The van der Waals surface area contributed by atoms with E-state index in [4.69, 9.17) is 0 Å². The summed E-state index contributed by atoms with van der Waals surface area (Å²) in [4.78, 5) is 9.90. The predicted molar refractivity (Wildman–Crippen MR) is 68.7 cm³/mol. The van der Waals surface area contributed by atoms with Crippen LogP contribution in [0.15, 0.2) is 24.3 Å². The van der Waals surface area contributed by atoms with E-state index in [9.17, 15) is 5.11 Å². The third-order valence-electron chi connectivity index (χ3n) is 3.25. The lowest BCUT2D eigenvalue weighted by atomic mass is 10.1. The largest absolute Gasteiger partial charge is 0.394 e. The van der Waals surface area contributed by atoms with Gasteiger partial charge in [0.15, 0.2) is 0 Å². The molecule has 2 aromatic rings. The lowest BCUT2D eigenvalue weighted by molar-refractivity contribution is 0.0717. The first-order chi connectivity index (χ1) is 8.03. The highest BCUT2D eigenvalue weighted by molar-refractivity contribution is 5.74. The Morgan fingerprint density at radius 2 is 2.06 bits per heavy atom. The van der Waals surface area contributed by atoms with Crippen molar-refractivity contribution in [1.29, 1.82) is 0 Å². The van der Waals surface area contributed by atoms with Crippen LogP contribution in [0, 0.1) is 0 Å². The molecule has 0 spiro atoms. The Balaban J connectivity index is 2.18. The van der Waals surface area contributed by atoms with Gasteiger partial charge >= 0.3 is 0 Å². The van der Waals surface area contributed by atoms with Crippen LogP contribution in [0.1, 0.15) is 19.7 Å². The highest BCUT2D eigenvalue weighted by Crippen LogP contribution is 2.16. The van der Waals surface area contributed by atoms with Gasteiger partial charge in [-0.05, 0) is 33.0 Å². The molecule has 0 unspecified atom stereocenters. The molecule has 4 nitrogen and oxygen atoms in total. The Morgan fingerprint density at radius 1 is 1.35 bits per heavy atom. The minimum absolute atomic E-state index is 0.129. The van der Waals surface area contributed by atoms with Crippen LogP contribution in [0.4, 0.5) is 0 Å². The van der Waals surface area contributed by atoms with E-state index in [1.54, 1.807) is 0 Å². The molecule has 0 atom stereocenters. The lowest BCUT2D eigenvalue weighted by Crippen LogP contribution is -2.43. The lowest BCUT2D eigenvalue weighted by Gasteiger charge is -2.33. The van der Waals surface area contributed by atoms with Gasteiger partial charge < -0.3 is 10.1 Å². The summed E-state index contributed by atoms with van der Waals surface area (Å²) in [5, 5.41) is 9.31. The topological polar surface area (TPSA) is 52.2 Å². The number of aromatic amines is 1. The Hall–Kier alpha value is -1.39. The van der Waals surface area contributed by atoms with Gasteiger partial charge in [-0.25, -0.2) is 4.98 Å². The van der Waals surface area contributed by atoms with Crippen molar-refractivity contribution in [3.8, 4) is 0 Å². The van der Waals surface area contributed by atoms with Crippen molar-refractivity contribution in [1.82, 2.24) is 14.9 Å². The predicted octanol–water partition coefficient (Wildman–Crippen LogP) is 1.77. The molecule has 1 aromatic heterocycles. The number of imidazole rings is 1. The van der Waals surface area contributed by atoms with Crippen molar-refractivity contribution < 1.29 is 5.11 Å². The Morgan fingerprint density at radius 3 is 2.71 bits per heavy atom. The molecule has 1 heterocycles. The summed E-state index contributed by atoms with van der Waals surface area (Å²) in [6, 6.07) is 7.98. The van der Waals surface area contributed by atoms with Gasteiger partial charge in [0.25, 0.3) is 0 Å². The van der Waals surface area contributed by atoms with E-state index in [2.05, 4.69) is 14.9 Å². The van der Waals surface area contributed by atoms with E-state index in [0.29, 0.717) is 6.54 Å². The average Bonchev–Trinajstić information content (AvgIpc) is 2.70. The van der Waals surface area contributed by atoms with E-state index < -0.39 is 0 Å². The van der Waals surface area contributed by atoms with Crippen LogP contribution >= 0.6 is 0 Å². The van der Waals surface area contributed by atoms with E-state index in [-0.39, 0.29) is 12.1 Å². The summed E-state index contributed by atoms with van der Waals surface area (Å²) in [5.74, 6) is 0.926. The number of H-pyrrole nitrogens is 1. The van der Waals surface area contributed by atoms with Crippen molar-refractivity contribution in [3.63, 3.8) is 0 Å². The molecule has 0 aliphatic rings. The number of rotatable bonds is 4. The van der Waals surface area contributed by atoms with Crippen LogP contribution in [0.25, 0.3) is 11.0 Å². The average molecular weight is 233 g/mol. The molecule has 0 fully saturated rings. The van der Waals surface area contributed by atoms with E-state index >= 15 is 0 Å². The summed E-state index contributed by atoms with van der Waals surface area (Å²) in [6.45, 7) is 4.84. The van der Waals surface area contributed by atoms with Gasteiger partial charge in [-0.3, -0.25) is 4.90 Å². The maximum Gasteiger partial charge on any atom is 0.121 e. The molecule has 4 heteroatoms. The normalized spacial score (nSPS) is 12.5. The van der Waals surface area contributed by atoms with Gasteiger partial charge in [-0.1, -0.05) is 12.1 Å². The molecule has 17 heavy (non-hydrogen) atoms. The second-order valence-corrected chi connectivity index (χ2v) is 5.03. The van der Waals surface area contributed by atoms with Crippen LogP contribution in [0.2, 0.25) is 0 Å². The fourth-order valence-corrected chi connectivity index (χ4v) is 1.64. The van der Waals surface area contributed by atoms with Crippen molar-refractivity contribution >= 4 is 11.0 Å². The molecule has 1 aromatic carbocycles. The first-order valence-electron chi connectivity index (χ1n) is 5.78. The van der Waals surface area contributed by atoms with Gasteiger partial charge in [-0.2, -0.15) is 0 Å². The van der Waals surface area contributed by atoms with Crippen LogP contribution in [-0.2, 0) is 6.54 Å². The monoisotopic (exact) mass is 233 g/mol. The van der Waals surface area contributed by atoms with E-state index in [1.165, 1.54) is 0 Å². The van der Waals surface area contributed by atoms with Crippen molar-refractivity contribution in [2.75, 3.05) is 13.7 Å². The molecule has 0 amide bonds. The molecule has 0 radical (unpaired) electrons.